The Kier molecular flexibility index (Phi) is 8.22. The summed E-state index contributed by atoms with van der Waals surface area (Å²) in [5, 5.41) is 13.3. The van der Waals surface area contributed by atoms with Crippen LogP contribution < -0.4 is 14.8 Å². The van der Waals surface area contributed by atoms with Gasteiger partial charge in [-0.25, -0.2) is 26.9 Å². The van der Waals surface area contributed by atoms with Gasteiger partial charge in [0.05, 0.1) is 23.8 Å². The molecule has 1 amide bonds. The Morgan fingerprint density at radius 2 is 1.79 bits per heavy atom. The molecular weight excluding hydrogens is 642 g/mol. The van der Waals surface area contributed by atoms with Gasteiger partial charge < -0.3 is 19.9 Å². The summed E-state index contributed by atoms with van der Waals surface area (Å²) < 4.78 is 124. The molecule has 1 fully saturated rings. The number of fused-ring (bicyclic) bond motifs is 2. The third-order valence-electron chi connectivity index (χ3n) is 8.17. The van der Waals surface area contributed by atoms with Crippen molar-refractivity contribution < 1.29 is 54.5 Å². The van der Waals surface area contributed by atoms with Crippen LogP contribution in [-0.4, -0.2) is 59.8 Å². The number of rotatable bonds is 10. The highest BCUT2D eigenvalue weighted by Crippen LogP contribution is 2.48. The van der Waals surface area contributed by atoms with E-state index in [1.807, 2.05) is 5.32 Å². The molecule has 15 heteroatoms. The van der Waals surface area contributed by atoms with E-state index in [9.17, 15) is 45.0 Å². The number of hydrogen-bond donors (Lipinski definition) is 2. The molecule has 248 valence electrons. The van der Waals surface area contributed by atoms with Crippen LogP contribution >= 0.6 is 0 Å². The average molecular weight is 668 g/mol. The summed E-state index contributed by atoms with van der Waals surface area (Å²) >= 11 is 0. The molecule has 1 atom stereocenters. The fourth-order valence-electron chi connectivity index (χ4n) is 5.22. The van der Waals surface area contributed by atoms with E-state index < -0.39 is 73.1 Å². The molecule has 0 bridgehead atoms. The first-order valence-corrected chi connectivity index (χ1v) is 14.3. The first kappa shape index (κ1) is 32.4. The summed E-state index contributed by atoms with van der Waals surface area (Å²) in [6.45, 7) is -4.82. The molecule has 0 radical (unpaired) electrons. The standard InChI is InChI=1S/C32H25F8N3O4/c33-12-30(13-34)15-46-27-22(30)10-24(43-26(27)16-1-3-20(35)4-2-16)31(45,32(38,39)40)14-42-29(44)18-7-17-8-19(28(36)37)11-41-25(17)23(9-18)47-21-5-6-21/h1-4,7-11,21,28,45H,5-6,12-15H2,(H,42,44). The zero-order valence-electron chi connectivity index (χ0n) is 24.2. The fraction of sp³-hybridized carbons (Fsp3) is 0.344. The van der Waals surface area contributed by atoms with E-state index >= 15 is 0 Å². The van der Waals surface area contributed by atoms with Crippen LogP contribution in [-0.2, 0) is 11.0 Å². The van der Waals surface area contributed by atoms with Crippen LogP contribution in [0.5, 0.6) is 11.5 Å². The second-order valence-electron chi connectivity index (χ2n) is 11.5. The van der Waals surface area contributed by atoms with Gasteiger partial charge in [-0.3, -0.25) is 9.78 Å². The van der Waals surface area contributed by atoms with Gasteiger partial charge in [-0.15, -0.1) is 0 Å². The van der Waals surface area contributed by atoms with Crippen molar-refractivity contribution in [3.05, 3.63) is 82.9 Å². The molecule has 0 spiro atoms. The summed E-state index contributed by atoms with van der Waals surface area (Å²) in [6.07, 6.45) is -6.28. The lowest BCUT2D eigenvalue weighted by atomic mass is 9.82. The molecule has 3 heterocycles. The van der Waals surface area contributed by atoms with E-state index in [-0.39, 0.29) is 50.9 Å². The molecule has 7 nitrogen and oxygen atoms in total. The van der Waals surface area contributed by atoms with Crippen molar-refractivity contribution in [2.75, 3.05) is 26.5 Å². The van der Waals surface area contributed by atoms with Crippen molar-refractivity contribution in [2.24, 2.45) is 0 Å². The second-order valence-corrected chi connectivity index (χ2v) is 11.5. The van der Waals surface area contributed by atoms with E-state index in [1.54, 1.807) is 0 Å². The van der Waals surface area contributed by atoms with Crippen LogP contribution in [0.25, 0.3) is 22.2 Å². The maximum atomic E-state index is 14.7. The first-order chi connectivity index (χ1) is 22.3. The summed E-state index contributed by atoms with van der Waals surface area (Å²) in [7, 11) is 0. The van der Waals surface area contributed by atoms with E-state index in [0.717, 1.165) is 30.5 Å². The largest absolute Gasteiger partial charge is 0.490 e. The molecular formula is C32H25F8N3O4. The summed E-state index contributed by atoms with van der Waals surface area (Å²) in [6, 6.07) is 8.41. The number of nitrogens with one attached hydrogen (secondary N) is 1. The molecule has 47 heavy (non-hydrogen) atoms. The molecule has 2 aliphatic rings. The second kappa shape index (κ2) is 11.9. The number of alkyl halides is 7. The van der Waals surface area contributed by atoms with E-state index in [1.165, 1.54) is 18.2 Å². The Morgan fingerprint density at radius 1 is 1.09 bits per heavy atom. The predicted molar refractivity (Wildman–Crippen MR) is 151 cm³/mol. The molecule has 4 aromatic rings. The van der Waals surface area contributed by atoms with E-state index in [4.69, 9.17) is 9.47 Å². The number of ether oxygens (including phenoxy) is 2. The van der Waals surface area contributed by atoms with Crippen molar-refractivity contribution in [2.45, 2.75) is 42.6 Å². The molecule has 0 saturated heterocycles. The Hall–Kier alpha value is -4.53. The number of pyridine rings is 2. The topological polar surface area (TPSA) is 93.6 Å². The maximum Gasteiger partial charge on any atom is 0.424 e. The number of aliphatic hydroxyl groups is 1. The van der Waals surface area contributed by atoms with Crippen molar-refractivity contribution in [3.8, 4) is 22.8 Å². The Labute approximate surface area is 261 Å². The Bertz CT molecular complexity index is 1830. The molecule has 1 unspecified atom stereocenters. The van der Waals surface area contributed by atoms with E-state index in [2.05, 4.69) is 9.97 Å². The number of nitrogens with zero attached hydrogens (tertiary/aromatic N) is 2. The molecule has 2 aromatic heterocycles. The Balaban J connectivity index is 1.40. The average Bonchev–Trinajstić information content (AvgIpc) is 3.79. The highest BCUT2D eigenvalue weighted by atomic mass is 19.4. The lowest BCUT2D eigenvalue weighted by Gasteiger charge is -2.31. The van der Waals surface area contributed by atoms with Gasteiger partial charge in [-0.05, 0) is 61.4 Å². The zero-order chi connectivity index (χ0) is 33.7. The lowest BCUT2D eigenvalue weighted by molar-refractivity contribution is -0.265. The van der Waals surface area contributed by atoms with Gasteiger partial charge in [0.15, 0.2) is 0 Å². The monoisotopic (exact) mass is 667 g/mol. The van der Waals surface area contributed by atoms with Crippen LogP contribution in [0.1, 0.15) is 46.4 Å². The lowest BCUT2D eigenvalue weighted by Crippen LogP contribution is -2.51. The van der Waals surface area contributed by atoms with Gasteiger partial charge in [0.1, 0.15) is 48.5 Å². The van der Waals surface area contributed by atoms with Crippen LogP contribution in [0, 0.1) is 5.82 Å². The molecule has 1 saturated carbocycles. The van der Waals surface area contributed by atoms with Crippen molar-refractivity contribution in [1.82, 2.24) is 15.3 Å². The first-order valence-electron chi connectivity index (χ1n) is 14.3. The minimum atomic E-state index is -5.51. The number of amides is 1. The highest BCUT2D eigenvalue weighted by molar-refractivity contribution is 6.00. The smallest absolute Gasteiger partial charge is 0.424 e. The van der Waals surface area contributed by atoms with Gasteiger partial charge in [0.2, 0.25) is 5.60 Å². The summed E-state index contributed by atoms with van der Waals surface area (Å²) in [4.78, 5) is 21.3. The Morgan fingerprint density at radius 3 is 2.40 bits per heavy atom. The number of halogens is 8. The van der Waals surface area contributed by atoms with Gasteiger partial charge >= 0.3 is 6.18 Å². The minimum absolute atomic E-state index is 0.0303. The quantitative estimate of drug-likeness (QED) is 0.184. The molecule has 2 N–H and O–H groups in total. The third kappa shape index (κ3) is 5.92. The van der Waals surface area contributed by atoms with Gasteiger partial charge in [0, 0.05) is 33.8 Å². The van der Waals surface area contributed by atoms with E-state index in [0.29, 0.717) is 18.9 Å². The van der Waals surface area contributed by atoms with Crippen LogP contribution in [0.15, 0.2) is 54.7 Å². The number of aromatic nitrogens is 2. The maximum absolute atomic E-state index is 14.7. The van der Waals surface area contributed by atoms with Crippen molar-refractivity contribution >= 4 is 16.8 Å². The zero-order valence-corrected chi connectivity index (χ0v) is 24.2. The number of hydrogen-bond acceptors (Lipinski definition) is 6. The molecule has 6 rings (SSSR count). The number of carbonyl (C=O) groups excluding carboxylic acids is 1. The van der Waals surface area contributed by atoms with Gasteiger partial charge in [-0.2, -0.15) is 13.2 Å². The third-order valence-corrected chi connectivity index (χ3v) is 8.17. The van der Waals surface area contributed by atoms with Crippen molar-refractivity contribution in [3.63, 3.8) is 0 Å². The van der Waals surface area contributed by atoms with Gasteiger partial charge in [0.25, 0.3) is 12.3 Å². The highest BCUT2D eigenvalue weighted by Gasteiger charge is 2.57. The molecule has 1 aliphatic carbocycles. The summed E-state index contributed by atoms with van der Waals surface area (Å²) in [5.41, 5.74) is -8.25. The molecule has 1 aliphatic heterocycles. The van der Waals surface area contributed by atoms with Crippen LogP contribution in [0.2, 0.25) is 0 Å². The SMILES string of the molecule is O=C(NCC(O)(c1cc2c(c(-c3ccc(F)cc3)n1)OCC2(CF)CF)C(F)(F)F)c1cc(OC2CC2)c2ncc(C(F)F)cc2c1. The molecule has 2 aromatic carbocycles. The van der Waals surface area contributed by atoms with Crippen LogP contribution in [0.4, 0.5) is 35.1 Å². The number of benzene rings is 2. The number of carbonyl (C=O) groups is 1. The summed E-state index contributed by atoms with van der Waals surface area (Å²) in [5.74, 6) is -2.00. The minimum Gasteiger partial charge on any atom is -0.490 e. The normalized spacial score (nSPS) is 16.9. The van der Waals surface area contributed by atoms with Gasteiger partial charge in [-0.1, -0.05) is 0 Å². The predicted octanol–water partition coefficient (Wildman–Crippen LogP) is 6.66. The fourth-order valence-corrected chi connectivity index (χ4v) is 5.22. The van der Waals surface area contributed by atoms with Crippen LogP contribution in [0.3, 0.4) is 0 Å². The van der Waals surface area contributed by atoms with Crippen molar-refractivity contribution in [1.29, 1.82) is 0 Å².